The highest BCUT2D eigenvalue weighted by Gasteiger charge is 2.35. The number of aliphatic hydroxyl groups is 1. The molecule has 0 bridgehead atoms. The molecule has 2 unspecified atom stereocenters. The molecule has 2 atom stereocenters. The summed E-state index contributed by atoms with van der Waals surface area (Å²) in [4.78, 5) is 11.8. The van der Waals surface area contributed by atoms with E-state index in [1.165, 1.54) is 0 Å². The van der Waals surface area contributed by atoms with Gasteiger partial charge in [0.05, 0.1) is 6.61 Å². The van der Waals surface area contributed by atoms with Gasteiger partial charge in [0.15, 0.2) is 12.2 Å². The van der Waals surface area contributed by atoms with Crippen LogP contribution in [0, 0.1) is 0 Å². The maximum atomic E-state index is 11.8. The first-order valence-electron chi connectivity index (χ1n) is 6.92. The lowest BCUT2D eigenvalue weighted by molar-refractivity contribution is -0.158. The highest BCUT2D eigenvalue weighted by molar-refractivity contribution is 5.80. The summed E-state index contributed by atoms with van der Waals surface area (Å²) < 4.78 is 10.7. The van der Waals surface area contributed by atoms with E-state index in [0.717, 1.165) is 16.7 Å². The first kappa shape index (κ1) is 13.6. The third-order valence-corrected chi connectivity index (χ3v) is 3.51. The molecule has 4 heteroatoms. The van der Waals surface area contributed by atoms with Crippen molar-refractivity contribution in [1.29, 1.82) is 0 Å². The van der Waals surface area contributed by atoms with Gasteiger partial charge in [-0.05, 0) is 18.6 Å². The van der Waals surface area contributed by atoms with Gasteiger partial charge >= 0.3 is 5.97 Å². The predicted octanol–water partition coefficient (Wildman–Crippen LogP) is 2.71. The van der Waals surface area contributed by atoms with Crippen LogP contribution in [0.3, 0.4) is 0 Å². The summed E-state index contributed by atoms with van der Waals surface area (Å²) >= 11 is 0. The number of hydrogen-bond donors (Lipinski definition) is 1. The van der Waals surface area contributed by atoms with Crippen LogP contribution in [-0.4, -0.2) is 23.8 Å². The van der Waals surface area contributed by atoms with E-state index in [1.54, 1.807) is 6.92 Å². The summed E-state index contributed by atoms with van der Waals surface area (Å²) in [5, 5.41) is 10.2. The van der Waals surface area contributed by atoms with Crippen LogP contribution in [0.2, 0.25) is 0 Å². The average Bonchev–Trinajstić information content (AvgIpc) is 2.53. The second-order valence-corrected chi connectivity index (χ2v) is 4.82. The fourth-order valence-electron chi connectivity index (χ4n) is 2.57. The molecule has 0 aliphatic carbocycles. The number of para-hydroxylation sites is 1. The van der Waals surface area contributed by atoms with Crippen molar-refractivity contribution in [1.82, 2.24) is 0 Å². The van der Waals surface area contributed by atoms with E-state index in [1.807, 2.05) is 48.5 Å². The molecule has 1 heterocycles. The van der Waals surface area contributed by atoms with E-state index >= 15 is 0 Å². The zero-order valence-corrected chi connectivity index (χ0v) is 11.7. The topological polar surface area (TPSA) is 55.8 Å². The van der Waals surface area contributed by atoms with Crippen molar-refractivity contribution in [3.05, 3.63) is 54.1 Å². The maximum Gasteiger partial charge on any atom is 0.339 e. The zero-order valence-electron chi connectivity index (χ0n) is 11.7. The van der Waals surface area contributed by atoms with Gasteiger partial charge in [0.25, 0.3) is 0 Å². The van der Waals surface area contributed by atoms with Crippen LogP contribution in [-0.2, 0) is 9.53 Å². The van der Waals surface area contributed by atoms with Crippen LogP contribution in [0.4, 0.5) is 0 Å². The number of rotatable bonds is 3. The molecule has 0 fully saturated rings. The summed E-state index contributed by atoms with van der Waals surface area (Å²) in [6, 6.07) is 15.2. The molecule has 4 nitrogen and oxygen atoms in total. The maximum absolute atomic E-state index is 11.8. The van der Waals surface area contributed by atoms with Crippen LogP contribution in [0.25, 0.3) is 11.1 Å². The molecule has 1 aliphatic heterocycles. The number of hydrogen-bond acceptors (Lipinski definition) is 4. The Bertz CT molecular complexity index is 665. The minimum absolute atomic E-state index is 0.223. The molecule has 0 spiro atoms. The molecule has 1 aliphatic rings. The number of benzene rings is 2. The summed E-state index contributed by atoms with van der Waals surface area (Å²) in [6.45, 7) is 1.93. The number of carbonyl (C=O) groups excluding carboxylic acids is 1. The van der Waals surface area contributed by atoms with E-state index in [2.05, 4.69) is 0 Å². The Morgan fingerprint density at radius 2 is 1.86 bits per heavy atom. The molecule has 2 aromatic rings. The summed E-state index contributed by atoms with van der Waals surface area (Å²) in [5.74, 6) is -0.0127. The highest BCUT2D eigenvalue weighted by atomic mass is 16.6. The first-order valence-corrected chi connectivity index (χ1v) is 6.92. The Kier molecular flexibility index (Phi) is 3.62. The van der Waals surface area contributed by atoms with Crippen LogP contribution < -0.4 is 4.74 Å². The minimum atomic E-state index is -1.35. The second-order valence-electron chi connectivity index (χ2n) is 4.82. The van der Waals surface area contributed by atoms with E-state index < -0.39 is 18.2 Å². The van der Waals surface area contributed by atoms with Crippen LogP contribution >= 0.6 is 0 Å². The molecule has 3 rings (SSSR count). The number of ether oxygens (including phenoxy) is 2. The van der Waals surface area contributed by atoms with Crippen molar-refractivity contribution >= 4 is 5.97 Å². The Labute approximate surface area is 122 Å². The van der Waals surface area contributed by atoms with Gasteiger partial charge in [-0.15, -0.1) is 0 Å². The van der Waals surface area contributed by atoms with Crippen molar-refractivity contribution in [2.75, 3.05) is 6.61 Å². The molecule has 2 aromatic carbocycles. The minimum Gasteiger partial charge on any atom is -0.482 e. The molecule has 0 aromatic heterocycles. The molecular weight excluding hydrogens is 268 g/mol. The summed E-state index contributed by atoms with van der Waals surface area (Å²) in [7, 11) is 0. The Balaban J connectivity index is 2.04. The summed E-state index contributed by atoms with van der Waals surface area (Å²) in [5.41, 5.74) is 2.71. The second kappa shape index (κ2) is 5.58. The Morgan fingerprint density at radius 1 is 1.19 bits per heavy atom. The van der Waals surface area contributed by atoms with Gasteiger partial charge in [0.2, 0.25) is 0 Å². The van der Waals surface area contributed by atoms with Crippen LogP contribution in [0.15, 0.2) is 48.5 Å². The number of aliphatic hydroxyl groups excluding tert-OH is 1. The Hall–Kier alpha value is -2.33. The van der Waals surface area contributed by atoms with Crippen LogP contribution in [0.1, 0.15) is 18.6 Å². The zero-order chi connectivity index (χ0) is 14.8. The smallest absolute Gasteiger partial charge is 0.339 e. The number of esters is 1. The largest absolute Gasteiger partial charge is 0.482 e. The highest BCUT2D eigenvalue weighted by Crippen LogP contribution is 2.43. The molecular formula is C17H16O4. The van der Waals surface area contributed by atoms with Gasteiger partial charge in [-0.3, -0.25) is 0 Å². The molecule has 0 saturated carbocycles. The fourth-order valence-corrected chi connectivity index (χ4v) is 2.57. The molecule has 0 radical (unpaired) electrons. The van der Waals surface area contributed by atoms with Gasteiger partial charge in [0, 0.05) is 11.1 Å². The van der Waals surface area contributed by atoms with Crippen molar-refractivity contribution < 1.29 is 19.4 Å². The lowest BCUT2D eigenvalue weighted by Crippen LogP contribution is -2.34. The fraction of sp³-hybridized carbons (Fsp3) is 0.235. The summed E-state index contributed by atoms with van der Waals surface area (Å²) in [6.07, 6.45) is -2.10. The normalized spacial score (nSPS) is 17.1. The van der Waals surface area contributed by atoms with E-state index in [0.29, 0.717) is 5.75 Å². The van der Waals surface area contributed by atoms with Gasteiger partial charge < -0.3 is 14.6 Å². The van der Waals surface area contributed by atoms with Crippen LogP contribution in [0.5, 0.6) is 5.75 Å². The van der Waals surface area contributed by atoms with Gasteiger partial charge in [-0.25, -0.2) is 4.79 Å². The lowest BCUT2D eigenvalue weighted by Gasteiger charge is -2.30. The van der Waals surface area contributed by atoms with Crippen molar-refractivity contribution in [3.8, 4) is 16.9 Å². The number of carbonyl (C=O) groups is 1. The molecule has 1 N–H and O–H groups in total. The van der Waals surface area contributed by atoms with E-state index in [-0.39, 0.29) is 6.61 Å². The third-order valence-electron chi connectivity index (χ3n) is 3.51. The van der Waals surface area contributed by atoms with Gasteiger partial charge in [-0.2, -0.15) is 0 Å². The predicted molar refractivity (Wildman–Crippen MR) is 77.9 cm³/mol. The van der Waals surface area contributed by atoms with Gasteiger partial charge in [0.1, 0.15) is 5.75 Å². The van der Waals surface area contributed by atoms with E-state index in [4.69, 9.17) is 9.47 Å². The van der Waals surface area contributed by atoms with Crippen molar-refractivity contribution in [2.45, 2.75) is 19.1 Å². The quantitative estimate of drug-likeness (QED) is 0.880. The molecule has 21 heavy (non-hydrogen) atoms. The van der Waals surface area contributed by atoms with E-state index in [9.17, 15) is 9.90 Å². The first-order chi connectivity index (χ1) is 10.2. The Morgan fingerprint density at radius 3 is 2.62 bits per heavy atom. The average molecular weight is 284 g/mol. The number of fused-ring (bicyclic) bond motifs is 3. The molecule has 0 saturated heterocycles. The molecule has 108 valence electrons. The van der Waals surface area contributed by atoms with Gasteiger partial charge in [-0.1, -0.05) is 42.5 Å². The standard InChI is InChI=1S/C17H16O4/c1-2-20-17(19)15(18)16-13-9-4-3-7-11(13)12-8-5-6-10-14(12)21-16/h3-10,15-16,18H,2H2,1H3. The van der Waals surface area contributed by atoms with Crippen molar-refractivity contribution in [3.63, 3.8) is 0 Å². The lowest BCUT2D eigenvalue weighted by atomic mass is 9.90. The monoisotopic (exact) mass is 284 g/mol. The third kappa shape index (κ3) is 2.38. The SMILES string of the molecule is CCOC(=O)C(O)C1Oc2ccccc2-c2ccccc21. The molecule has 0 amide bonds. The van der Waals surface area contributed by atoms with Crippen molar-refractivity contribution in [2.24, 2.45) is 0 Å².